The van der Waals surface area contributed by atoms with Crippen LogP contribution in [-0.2, 0) is 26.2 Å². The van der Waals surface area contributed by atoms with Gasteiger partial charge in [0.05, 0.1) is 23.5 Å². The van der Waals surface area contributed by atoms with Crippen molar-refractivity contribution < 1.29 is 22.4 Å². The Morgan fingerprint density at radius 2 is 1.73 bits per heavy atom. The molecule has 0 spiro atoms. The number of carbonyl (C=O) groups is 2. The molecule has 0 aliphatic carbocycles. The first-order valence-corrected chi connectivity index (χ1v) is 12.4. The molecule has 3 aromatic rings. The Bertz CT molecular complexity index is 1200. The third kappa shape index (κ3) is 7.94. The fraction of sp³-hybridized carbons (Fsp3) is 0.130. The maximum atomic E-state index is 12.3. The van der Waals surface area contributed by atoms with Crippen LogP contribution < -0.4 is 15.6 Å². The third-order valence-corrected chi connectivity index (χ3v) is 6.78. The number of furan rings is 1. The molecule has 1 aromatic heterocycles. The molecule has 0 aliphatic rings. The molecule has 0 bridgehead atoms. The van der Waals surface area contributed by atoms with Crippen molar-refractivity contribution in [3.8, 4) is 0 Å². The summed E-state index contributed by atoms with van der Waals surface area (Å²) in [5.41, 5.74) is 6.42. The van der Waals surface area contributed by atoms with Crippen LogP contribution in [0.2, 0.25) is 0 Å². The van der Waals surface area contributed by atoms with Crippen molar-refractivity contribution in [3.05, 3.63) is 89.9 Å². The molecule has 3 N–H and O–H groups in total. The summed E-state index contributed by atoms with van der Waals surface area (Å²) in [6.07, 6.45) is 4.22. The summed E-state index contributed by atoms with van der Waals surface area (Å²) in [5, 5.41) is 0. The van der Waals surface area contributed by atoms with Crippen LogP contribution >= 0.6 is 11.8 Å². The van der Waals surface area contributed by atoms with Gasteiger partial charge in [0.15, 0.2) is 0 Å². The standard InChI is InChI=1S/C23H23N3O5S2/c1-17-4-9-20(10-5-17)32-16-23(28)26-25-22(27)13-8-18-6-11-21(12-7-18)33(29,30)24-15-19-3-2-14-31-19/h2-14,24H,15-16H2,1H3,(H,25,27)(H,26,28)/b13-8+. The molecule has 172 valence electrons. The Hall–Kier alpha value is -3.34. The van der Waals surface area contributed by atoms with Gasteiger partial charge in [0.2, 0.25) is 15.9 Å². The zero-order valence-electron chi connectivity index (χ0n) is 17.8. The van der Waals surface area contributed by atoms with Gasteiger partial charge in [0.25, 0.3) is 5.91 Å². The van der Waals surface area contributed by atoms with Gasteiger partial charge < -0.3 is 4.42 Å². The lowest BCUT2D eigenvalue weighted by atomic mass is 10.2. The first-order chi connectivity index (χ1) is 15.8. The number of sulfonamides is 1. The quantitative estimate of drug-likeness (QED) is 0.244. The average Bonchev–Trinajstić information content (AvgIpc) is 3.34. The van der Waals surface area contributed by atoms with E-state index in [1.54, 1.807) is 24.3 Å². The van der Waals surface area contributed by atoms with Gasteiger partial charge in [-0.3, -0.25) is 20.4 Å². The number of nitrogens with one attached hydrogen (secondary N) is 3. The summed E-state index contributed by atoms with van der Waals surface area (Å²) in [7, 11) is -3.69. The zero-order chi connectivity index (χ0) is 23.7. The molecule has 2 amide bonds. The molecule has 0 atom stereocenters. The highest BCUT2D eigenvalue weighted by Crippen LogP contribution is 2.17. The van der Waals surface area contributed by atoms with Crippen LogP contribution in [0.25, 0.3) is 6.08 Å². The van der Waals surface area contributed by atoms with E-state index in [4.69, 9.17) is 4.42 Å². The summed E-state index contributed by atoms with van der Waals surface area (Å²) in [4.78, 5) is 24.9. The second kappa shape index (κ2) is 11.5. The number of benzene rings is 2. The zero-order valence-corrected chi connectivity index (χ0v) is 19.4. The molecule has 0 radical (unpaired) electrons. The molecular weight excluding hydrogens is 462 g/mol. The predicted molar refractivity (Wildman–Crippen MR) is 126 cm³/mol. The number of carbonyl (C=O) groups excluding carboxylic acids is 2. The van der Waals surface area contributed by atoms with Gasteiger partial charge in [0, 0.05) is 11.0 Å². The first-order valence-electron chi connectivity index (χ1n) is 9.90. The van der Waals surface area contributed by atoms with E-state index in [0.717, 1.165) is 10.5 Å². The first kappa shape index (κ1) is 24.3. The largest absolute Gasteiger partial charge is 0.468 e. The highest BCUT2D eigenvalue weighted by Gasteiger charge is 2.14. The molecule has 0 saturated heterocycles. The van der Waals surface area contributed by atoms with Crippen molar-refractivity contribution in [2.45, 2.75) is 23.3 Å². The Kier molecular flexibility index (Phi) is 8.47. The van der Waals surface area contributed by atoms with E-state index in [1.807, 2.05) is 31.2 Å². The molecule has 2 aromatic carbocycles. The Morgan fingerprint density at radius 3 is 2.39 bits per heavy atom. The van der Waals surface area contributed by atoms with E-state index in [0.29, 0.717) is 11.3 Å². The molecule has 33 heavy (non-hydrogen) atoms. The summed E-state index contributed by atoms with van der Waals surface area (Å²) in [5.74, 6) is -0.180. The van der Waals surface area contributed by atoms with Crippen LogP contribution in [0.5, 0.6) is 0 Å². The van der Waals surface area contributed by atoms with E-state index in [-0.39, 0.29) is 23.1 Å². The molecule has 10 heteroatoms. The van der Waals surface area contributed by atoms with E-state index >= 15 is 0 Å². The highest BCUT2D eigenvalue weighted by atomic mass is 32.2. The van der Waals surface area contributed by atoms with Gasteiger partial charge in [-0.05, 0) is 55.0 Å². The second-order valence-corrected chi connectivity index (χ2v) is 9.76. The van der Waals surface area contributed by atoms with Gasteiger partial charge in [-0.2, -0.15) is 0 Å². The van der Waals surface area contributed by atoms with Crippen molar-refractivity contribution in [3.63, 3.8) is 0 Å². The minimum absolute atomic E-state index is 0.0480. The van der Waals surface area contributed by atoms with Gasteiger partial charge in [-0.1, -0.05) is 29.8 Å². The number of thioether (sulfide) groups is 1. The van der Waals surface area contributed by atoms with Gasteiger partial charge in [-0.15, -0.1) is 11.8 Å². The fourth-order valence-corrected chi connectivity index (χ4v) is 4.28. The molecular formula is C23H23N3O5S2. The Balaban J connectivity index is 1.43. The second-order valence-electron chi connectivity index (χ2n) is 6.95. The summed E-state index contributed by atoms with van der Waals surface area (Å²) in [6, 6.07) is 17.2. The van der Waals surface area contributed by atoms with Gasteiger partial charge in [-0.25, -0.2) is 13.1 Å². The van der Waals surface area contributed by atoms with E-state index in [9.17, 15) is 18.0 Å². The normalized spacial score (nSPS) is 11.4. The molecule has 0 unspecified atom stereocenters. The summed E-state index contributed by atoms with van der Waals surface area (Å²) < 4.78 is 32.2. The van der Waals surface area contributed by atoms with E-state index in [2.05, 4.69) is 15.6 Å². The lowest BCUT2D eigenvalue weighted by Crippen LogP contribution is -2.41. The maximum absolute atomic E-state index is 12.3. The SMILES string of the molecule is Cc1ccc(SCC(=O)NNC(=O)/C=C/c2ccc(S(=O)(=O)NCc3ccco3)cc2)cc1. The number of hydrazine groups is 1. The van der Waals surface area contributed by atoms with Crippen LogP contribution in [-0.4, -0.2) is 26.0 Å². The Labute approximate surface area is 196 Å². The predicted octanol–water partition coefficient (Wildman–Crippen LogP) is 3.02. The molecule has 3 rings (SSSR count). The molecule has 1 heterocycles. The summed E-state index contributed by atoms with van der Waals surface area (Å²) in [6.45, 7) is 2.04. The summed E-state index contributed by atoms with van der Waals surface area (Å²) >= 11 is 1.36. The van der Waals surface area contributed by atoms with Crippen LogP contribution in [0.1, 0.15) is 16.9 Å². The molecule has 0 fully saturated rings. The van der Waals surface area contributed by atoms with Crippen molar-refractivity contribution >= 4 is 39.7 Å². The number of rotatable bonds is 9. The Morgan fingerprint density at radius 1 is 1.00 bits per heavy atom. The monoisotopic (exact) mass is 485 g/mol. The number of hydrogen-bond donors (Lipinski definition) is 3. The third-order valence-electron chi connectivity index (χ3n) is 4.35. The van der Waals surface area contributed by atoms with Crippen LogP contribution in [0.15, 0.2) is 87.2 Å². The number of hydrogen-bond acceptors (Lipinski definition) is 6. The van der Waals surface area contributed by atoms with Crippen molar-refractivity contribution in [2.24, 2.45) is 0 Å². The minimum Gasteiger partial charge on any atom is -0.468 e. The molecule has 0 aliphatic heterocycles. The van der Waals surface area contributed by atoms with Gasteiger partial charge in [0.1, 0.15) is 5.76 Å². The van der Waals surface area contributed by atoms with Crippen LogP contribution in [0.4, 0.5) is 0 Å². The van der Waals surface area contributed by atoms with Crippen LogP contribution in [0.3, 0.4) is 0 Å². The smallest absolute Gasteiger partial charge is 0.262 e. The topological polar surface area (TPSA) is 118 Å². The van der Waals surface area contributed by atoms with Crippen LogP contribution in [0, 0.1) is 6.92 Å². The number of amides is 2. The van der Waals surface area contributed by atoms with E-state index in [1.165, 1.54) is 42.3 Å². The van der Waals surface area contributed by atoms with Gasteiger partial charge >= 0.3 is 0 Å². The average molecular weight is 486 g/mol. The lowest BCUT2D eigenvalue weighted by molar-refractivity contribution is -0.125. The van der Waals surface area contributed by atoms with Crippen molar-refractivity contribution in [1.82, 2.24) is 15.6 Å². The maximum Gasteiger partial charge on any atom is 0.262 e. The molecule has 8 nitrogen and oxygen atoms in total. The van der Waals surface area contributed by atoms with Crippen molar-refractivity contribution in [1.29, 1.82) is 0 Å². The minimum atomic E-state index is -3.69. The lowest BCUT2D eigenvalue weighted by Gasteiger charge is -2.06. The highest BCUT2D eigenvalue weighted by molar-refractivity contribution is 8.00. The van der Waals surface area contributed by atoms with Crippen molar-refractivity contribution in [2.75, 3.05) is 5.75 Å². The fourth-order valence-electron chi connectivity index (χ4n) is 2.59. The van der Waals surface area contributed by atoms with E-state index < -0.39 is 15.9 Å². The number of aryl methyl sites for hydroxylation is 1. The molecule has 0 saturated carbocycles.